The zero-order chi connectivity index (χ0) is 14.9. The van der Waals surface area contributed by atoms with E-state index in [0.29, 0.717) is 5.41 Å². The number of likely N-dealkylation sites (tertiary alicyclic amines) is 1. The molecule has 2 aliphatic rings. The van der Waals surface area contributed by atoms with Gasteiger partial charge in [0, 0.05) is 19.6 Å². The van der Waals surface area contributed by atoms with Gasteiger partial charge in [0.05, 0.1) is 0 Å². The minimum Gasteiger partial charge on any atom is -0.316 e. The largest absolute Gasteiger partial charge is 0.316 e. The van der Waals surface area contributed by atoms with E-state index < -0.39 is 0 Å². The summed E-state index contributed by atoms with van der Waals surface area (Å²) in [4.78, 5) is 2.70. The molecule has 1 aromatic carbocycles. The fourth-order valence-corrected chi connectivity index (χ4v) is 4.26. The van der Waals surface area contributed by atoms with E-state index in [1.54, 1.807) is 0 Å². The first-order valence-corrected chi connectivity index (χ1v) is 8.58. The van der Waals surface area contributed by atoms with E-state index >= 15 is 0 Å². The number of aryl methyl sites for hydroxylation is 3. The maximum Gasteiger partial charge on any atom is 0.0236 e. The molecule has 1 spiro atoms. The van der Waals surface area contributed by atoms with Crippen LogP contribution in [0.3, 0.4) is 0 Å². The molecule has 0 aliphatic carbocycles. The van der Waals surface area contributed by atoms with Crippen LogP contribution in [0.4, 0.5) is 0 Å². The summed E-state index contributed by atoms with van der Waals surface area (Å²) in [6.07, 6.45) is 5.56. The number of benzene rings is 1. The first kappa shape index (κ1) is 15.1. The number of rotatable bonds is 2. The van der Waals surface area contributed by atoms with E-state index in [1.807, 2.05) is 0 Å². The van der Waals surface area contributed by atoms with Crippen molar-refractivity contribution in [1.82, 2.24) is 10.2 Å². The molecule has 1 unspecified atom stereocenters. The number of nitrogens with zero attached hydrogens (tertiary/aromatic N) is 1. The molecule has 116 valence electrons. The van der Waals surface area contributed by atoms with Gasteiger partial charge in [-0.2, -0.15) is 0 Å². The van der Waals surface area contributed by atoms with Crippen molar-refractivity contribution in [2.24, 2.45) is 5.41 Å². The Hall–Kier alpha value is -0.860. The van der Waals surface area contributed by atoms with Crippen LogP contribution in [0.15, 0.2) is 12.1 Å². The lowest BCUT2D eigenvalue weighted by atomic mass is 9.74. The zero-order valence-corrected chi connectivity index (χ0v) is 14.0. The molecule has 0 radical (unpaired) electrons. The molecule has 1 N–H and O–H groups in total. The van der Waals surface area contributed by atoms with Gasteiger partial charge in [0.25, 0.3) is 0 Å². The molecule has 2 heteroatoms. The molecule has 1 atom stereocenters. The normalized spacial score (nSPS) is 27.2. The van der Waals surface area contributed by atoms with E-state index in [-0.39, 0.29) is 0 Å². The van der Waals surface area contributed by atoms with Gasteiger partial charge in [0.2, 0.25) is 0 Å². The molecular weight excluding hydrogens is 256 g/mol. The van der Waals surface area contributed by atoms with Gasteiger partial charge in [-0.15, -0.1) is 0 Å². The zero-order valence-electron chi connectivity index (χ0n) is 14.0. The molecule has 2 nitrogen and oxygen atoms in total. The smallest absolute Gasteiger partial charge is 0.0236 e. The van der Waals surface area contributed by atoms with Crippen molar-refractivity contribution in [2.45, 2.75) is 53.0 Å². The lowest BCUT2D eigenvalue weighted by molar-refractivity contribution is 0.0599. The van der Waals surface area contributed by atoms with Crippen LogP contribution in [-0.2, 0) is 6.54 Å². The predicted octanol–water partition coefficient (Wildman–Crippen LogP) is 3.58. The molecule has 2 heterocycles. The van der Waals surface area contributed by atoms with E-state index in [9.17, 15) is 0 Å². The minimum atomic E-state index is 0.560. The van der Waals surface area contributed by atoms with Crippen LogP contribution in [0.5, 0.6) is 0 Å². The summed E-state index contributed by atoms with van der Waals surface area (Å²) in [5.74, 6) is 0. The molecule has 21 heavy (non-hydrogen) atoms. The summed E-state index contributed by atoms with van der Waals surface area (Å²) >= 11 is 0. The number of piperidine rings is 2. The van der Waals surface area contributed by atoms with E-state index in [0.717, 1.165) is 6.54 Å². The maximum atomic E-state index is 3.63. The highest BCUT2D eigenvalue weighted by Crippen LogP contribution is 2.36. The molecule has 3 rings (SSSR count). The highest BCUT2D eigenvalue weighted by Gasteiger charge is 2.36. The standard InChI is InChI=1S/C19H30N2/c1-15-10-17(3)18(11-16(15)2)12-21-9-5-7-19(14-21)6-4-8-20-13-19/h10-11,20H,4-9,12-14H2,1-3H3. The van der Waals surface area contributed by atoms with Crippen molar-refractivity contribution in [3.05, 3.63) is 34.4 Å². The molecule has 2 saturated heterocycles. The molecule has 0 bridgehead atoms. The van der Waals surface area contributed by atoms with E-state index in [2.05, 4.69) is 43.1 Å². The molecular formula is C19H30N2. The Labute approximate surface area is 129 Å². The molecule has 0 saturated carbocycles. The van der Waals surface area contributed by atoms with Crippen LogP contribution in [0.25, 0.3) is 0 Å². The Kier molecular flexibility index (Phi) is 4.37. The molecule has 0 aromatic heterocycles. The quantitative estimate of drug-likeness (QED) is 0.894. The second-order valence-electron chi connectivity index (χ2n) is 7.46. The number of hydrogen-bond donors (Lipinski definition) is 1. The van der Waals surface area contributed by atoms with Gasteiger partial charge in [0.15, 0.2) is 0 Å². The summed E-state index contributed by atoms with van der Waals surface area (Å²) in [6.45, 7) is 12.9. The molecule has 0 amide bonds. The Balaban J connectivity index is 1.71. The van der Waals surface area contributed by atoms with Crippen molar-refractivity contribution in [3.63, 3.8) is 0 Å². The Morgan fingerprint density at radius 3 is 2.57 bits per heavy atom. The topological polar surface area (TPSA) is 15.3 Å². The van der Waals surface area contributed by atoms with Gasteiger partial charge in [-0.05, 0) is 87.2 Å². The monoisotopic (exact) mass is 286 g/mol. The van der Waals surface area contributed by atoms with Crippen molar-refractivity contribution < 1.29 is 0 Å². The van der Waals surface area contributed by atoms with Gasteiger partial charge in [-0.1, -0.05) is 12.1 Å². The summed E-state index contributed by atoms with van der Waals surface area (Å²) in [5.41, 5.74) is 6.40. The van der Waals surface area contributed by atoms with Crippen LogP contribution >= 0.6 is 0 Å². The van der Waals surface area contributed by atoms with Gasteiger partial charge in [-0.25, -0.2) is 0 Å². The number of hydrogen-bond acceptors (Lipinski definition) is 2. The van der Waals surface area contributed by atoms with E-state index in [1.165, 1.54) is 74.1 Å². The van der Waals surface area contributed by atoms with Crippen molar-refractivity contribution >= 4 is 0 Å². The average Bonchev–Trinajstić information content (AvgIpc) is 2.46. The highest BCUT2D eigenvalue weighted by atomic mass is 15.1. The molecule has 2 fully saturated rings. The van der Waals surface area contributed by atoms with Crippen LogP contribution in [0, 0.1) is 26.2 Å². The second-order valence-corrected chi connectivity index (χ2v) is 7.46. The van der Waals surface area contributed by atoms with Gasteiger partial charge in [-0.3, -0.25) is 4.90 Å². The molecule has 2 aliphatic heterocycles. The van der Waals surface area contributed by atoms with Crippen LogP contribution < -0.4 is 5.32 Å². The third kappa shape index (κ3) is 3.32. The third-order valence-electron chi connectivity index (χ3n) is 5.65. The molecule has 1 aromatic rings. The Bertz CT molecular complexity index is 495. The Morgan fingerprint density at radius 2 is 1.81 bits per heavy atom. The van der Waals surface area contributed by atoms with E-state index in [4.69, 9.17) is 0 Å². The highest BCUT2D eigenvalue weighted by molar-refractivity contribution is 5.36. The van der Waals surface area contributed by atoms with Crippen LogP contribution in [-0.4, -0.2) is 31.1 Å². The van der Waals surface area contributed by atoms with Crippen molar-refractivity contribution in [2.75, 3.05) is 26.2 Å². The predicted molar refractivity (Wildman–Crippen MR) is 89.7 cm³/mol. The van der Waals surface area contributed by atoms with Crippen molar-refractivity contribution in [1.29, 1.82) is 0 Å². The first-order chi connectivity index (χ1) is 10.1. The van der Waals surface area contributed by atoms with Crippen LogP contribution in [0.1, 0.15) is 47.9 Å². The summed E-state index contributed by atoms with van der Waals surface area (Å²) in [6, 6.07) is 4.76. The summed E-state index contributed by atoms with van der Waals surface area (Å²) in [7, 11) is 0. The second kappa shape index (κ2) is 6.10. The lowest BCUT2D eigenvalue weighted by Gasteiger charge is -2.45. The maximum absolute atomic E-state index is 3.63. The average molecular weight is 286 g/mol. The number of nitrogens with one attached hydrogen (secondary N) is 1. The fraction of sp³-hybridized carbons (Fsp3) is 0.684. The summed E-state index contributed by atoms with van der Waals surface area (Å²) < 4.78 is 0. The minimum absolute atomic E-state index is 0.560. The van der Waals surface area contributed by atoms with Gasteiger partial charge in [0.1, 0.15) is 0 Å². The summed E-state index contributed by atoms with van der Waals surface area (Å²) in [5, 5.41) is 3.63. The van der Waals surface area contributed by atoms with Gasteiger partial charge < -0.3 is 5.32 Å². The first-order valence-electron chi connectivity index (χ1n) is 8.58. The van der Waals surface area contributed by atoms with Gasteiger partial charge >= 0.3 is 0 Å². The fourth-order valence-electron chi connectivity index (χ4n) is 4.26. The van der Waals surface area contributed by atoms with Crippen LogP contribution in [0.2, 0.25) is 0 Å². The Morgan fingerprint density at radius 1 is 1.05 bits per heavy atom. The van der Waals surface area contributed by atoms with Crippen molar-refractivity contribution in [3.8, 4) is 0 Å². The third-order valence-corrected chi connectivity index (χ3v) is 5.65. The lowest BCUT2D eigenvalue weighted by Crippen LogP contribution is -2.50. The SMILES string of the molecule is Cc1cc(C)c(CN2CCCC3(CCCNC3)C2)cc1C.